The highest BCUT2D eigenvalue weighted by Gasteiger charge is 2.17. The van der Waals surface area contributed by atoms with E-state index in [1.54, 1.807) is 12.4 Å². The first-order chi connectivity index (χ1) is 5.92. The average Bonchev–Trinajstić information content (AvgIpc) is 2.17. The summed E-state index contributed by atoms with van der Waals surface area (Å²) in [6, 6.07) is 1.83. The van der Waals surface area contributed by atoms with E-state index in [1.807, 2.05) is 6.07 Å². The molecule has 1 aliphatic heterocycles. The Kier molecular flexibility index (Phi) is 1.87. The van der Waals surface area contributed by atoms with Crippen LogP contribution >= 0.6 is 0 Å². The molecule has 12 heavy (non-hydrogen) atoms. The van der Waals surface area contributed by atoms with Crippen molar-refractivity contribution in [3.05, 3.63) is 29.6 Å². The molecule has 1 aromatic heterocycles. The maximum absolute atomic E-state index is 10.6. The van der Waals surface area contributed by atoms with E-state index in [9.17, 15) is 4.79 Å². The highest BCUT2D eigenvalue weighted by Crippen LogP contribution is 2.19. The zero-order valence-corrected chi connectivity index (χ0v) is 6.66. The summed E-state index contributed by atoms with van der Waals surface area (Å²) in [5.41, 5.74) is 2.26. The molecule has 0 aliphatic carbocycles. The average molecular weight is 162 g/mol. The highest BCUT2D eigenvalue weighted by molar-refractivity contribution is 5.62. The first-order valence-electron chi connectivity index (χ1n) is 4.03. The van der Waals surface area contributed by atoms with Gasteiger partial charge in [0.2, 0.25) is 0 Å². The number of aromatic nitrogens is 1. The van der Waals surface area contributed by atoms with Gasteiger partial charge in [-0.2, -0.15) is 0 Å². The summed E-state index contributed by atoms with van der Waals surface area (Å²) in [6.07, 6.45) is 5.45. The largest absolute Gasteiger partial charge is 0.304 e. The Bertz CT molecular complexity index is 298. The number of rotatable bonds is 1. The molecule has 0 radical (unpaired) electrons. The Balaban J connectivity index is 2.43. The molecule has 0 spiro atoms. The fourth-order valence-electron chi connectivity index (χ4n) is 1.54. The molecule has 0 bridgehead atoms. The van der Waals surface area contributed by atoms with Crippen molar-refractivity contribution in [1.29, 1.82) is 0 Å². The molecule has 1 aliphatic rings. The summed E-state index contributed by atoms with van der Waals surface area (Å²) in [7, 11) is 0. The zero-order valence-electron chi connectivity index (χ0n) is 6.66. The summed E-state index contributed by atoms with van der Waals surface area (Å²) in [5.74, 6) is 0. The van der Waals surface area contributed by atoms with E-state index >= 15 is 0 Å². The van der Waals surface area contributed by atoms with Crippen LogP contribution in [-0.2, 0) is 11.2 Å². The lowest BCUT2D eigenvalue weighted by molar-refractivity contribution is -0.109. The van der Waals surface area contributed by atoms with Crippen molar-refractivity contribution in [3.8, 4) is 0 Å². The predicted molar refractivity (Wildman–Crippen MR) is 44.7 cm³/mol. The third-order valence-corrected chi connectivity index (χ3v) is 2.18. The second-order valence-corrected chi connectivity index (χ2v) is 2.89. The fourth-order valence-corrected chi connectivity index (χ4v) is 1.54. The number of fused-ring (bicyclic) bond motifs is 1. The highest BCUT2D eigenvalue weighted by atomic mass is 16.1. The Morgan fingerprint density at radius 1 is 1.67 bits per heavy atom. The van der Waals surface area contributed by atoms with Crippen LogP contribution in [-0.4, -0.2) is 17.8 Å². The van der Waals surface area contributed by atoms with Crippen LogP contribution in [0.25, 0.3) is 0 Å². The minimum atomic E-state index is -0.151. The van der Waals surface area contributed by atoms with Crippen LogP contribution in [0.3, 0.4) is 0 Å². The van der Waals surface area contributed by atoms with Crippen LogP contribution in [0.15, 0.2) is 18.5 Å². The topological polar surface area (TPSA) is 42.0 Å². The van der Waals surface area contributed by atoms with Crippen molar-refractivity contribution in [2.24, 2.45) is 0 Å². The molecular weight excluding hydrogens is 152 g/mol. The van der Waals surface area contributed by atoms with Gasteiger partial charge in [-0.25, -0.2) is 0 Å². The maximum atomic E-state index is 10.6. The molecule has 3 heteroatoms. The lowest BCUT2D eigenvalue weighted by Crippen LogP contribution is -2.30. The van der Waals surface area contributed by atoms with Gasteiger partial charge in [0.1, 0.15) is 6.29 Å². The summed E-state index contributed by atoms with van der Waals surface area (Å²) in [5, 5.41) is 3.12. The van der Waals surface area contributed by atoms with E-state index in [2.05, 4.69) is 10.3 Å². The monoisotopic (exact) mass is 162 g/mol. The molecular formula is C9H10N2O. The predicted octanol–water partition coefficient (Wildman–Crippen LogP) is 0.467. The SMILES string of the molecule is O=CC1NCCc2ccncc21. The van der Waals surface area contributed by atoms with Crippen molar-refractivity contribution in [1.82, 2.24) is 10.3 Å². The number of hydrogen-bond acceptors (Lipinski definition) is 3. The van der Waals surface area contributed by atoms with Gasteiger partial charge >= 0.3 is 0 Å². The van der Waals surface area contributed by atoms with Crippen LogP contribution in [0.5, 0.6) is 0 Å². The van der Waals surface area contributed by atoms with Gasteiger partial charge in [0, 0.05) is 18.9 Å². The summed E-state index contributed by atoms with van der Waals surface area (Å²) < 4.78 is 0. The van der Waals surface area contributed by atoms with Gasteiger partial charge in [0.25, 0.3) is 0 Å². The van der Waals surface area contributed by atoms with E-state index < -0.39 is 0 Å². The molecule has 62 valence electrons. The third-order valence-electron chi connectivity index (χ3n) is 2.18. The lowest BCUT2D eigenvalue weighted by Gasteiger charge is -2.21. The number of carbonyl (C=O) groups is 1. The fraction of sp³-hybridized carbons (Fsp3) is 0.333. The van der Waals surface area contributed by atoms with Crippen molar-refractivity contribution in [2.75, 3.05) is 6.54 Å². The first kappa shape index (κ1) is 7.43. The molecule has 3 nitrogen and oxygen atoms in total. The normalized spacial score (nSPS) is 21.5. The minimum Gasteiger partial charge on any atom is -0.304 e. The van der Waals surface area contributed by atoms with E-state index in [1.165, 1.54) is 5.56 Å². The van der Waals surface area contributed by atoms with Crippen LogP contribution in [0, 0.1) is 0 Å². The van der Waals surface area contributed by atoms with E-state index in [0.29, 0.717) is 0 Å². The number of pyridine rings is 1. The lowest BCUT2D eigenvalue weighted by atomic mass is 9.98. The summed E-state index contributed by atoms with van der Waals surface area (Å²) in [6.45, 7) is 0.875. The summed E-state index contributed by atoms with van der Waals surface area (Å²) in [4.78, 5) is 14.6. The molecule has 2 rings (SSSR count). The van der Waals surface area contributed by atoms with Crippen molar-refractivity contribution in [2.45, 2.75) is 12.5 Å². The van der Waals surface area contributed by atoms with Gasteiger partial charge in [0.05, 0.1) is 6.04 Å². The van der Waals surface area contributed by atoms with Crippen LogP contribution in [0.2, 0.25) is 0 Å². The van der Waals surface area contributed by atoms with Gasteiger partial charge in [-0.15, -0.1) is 0 Å². The molecule has 1 atom stereocenters. The Labute approximate surface area is 70.8 Å². The van der Waals surface area contributed by atoms with E-state index in [-0.39, 0.29) is 6.04 Å². The van der Waals surface area contributed by atoms with Crippen molar-refractivity contribution in [3.63, 3.8) is 0 Å². The second-order valence-electron chi connectivity index (χ2n) is 2.89. The van der Waals surface area contributed by atoms with Gasteiger partial charge < -0.3 is 10.1 Å². The number of hydrogen-bond donors (Lipinski definition) is 1. The maximum Gasteiger partial charge on any atom is 0.141 e. The summed E-state index contributed by atoms with van der Waals surface area (Å²) >= 11 is 0. The molecule has 1 N–H and O–H groups in total. The molecule has 0 saturated carbocycles. The van der Waals surface area contributed by atoms with Crippen LogP contribution < -0.4 is 5.32 Å². The van der Waals surface area contributed by atoms with Gasteiger partial charge in [-0.1, -0.05) is 0 Å². The molecule has 0 aromatic carbocycles. The van der Waals surface area contributed by atoms with Gasteiger partial charge in [0.15, 0.2) is 0 Å². The standard InChI is InChI=1S/C9H10N2O/c12-6-9-8-5-10-3-1-7(8)2-4-11-9/h1,3,5-6,9,11H,2,4H2. The van der Waals surface area contributed by atoms with Crippen molar-refractivity contribution < 1.29 is 4.79 Å². The molecule has 2 heterocycles. The zero-order chi connectivity index (χ0) is 8.39. The number of carbonyl (C=O) groups excluding carboxylic acids is 1. The molecule has 1 unspecified atom stereocenters. The Hall–Kier alpha value is -1.22. The Morgan fingerprint density at radius 2 is 2.58 bits per heavy atom. The minimum absolute atomic E-state index is 0.151. The van der Waals surface area contributed by atoms with E-state index in [0.717, 1.165) is 24.8 Å². The molecule has 0 fully saturated rings. The Morgan fingerprint density at radius 3 is 3.42 bits per heavy atom. The first-order valence-corrected chi connectivity index (χ1v) is 4.03. The third kappa shape index (κ3) is 1.12. The number of aldehydes is 1. The number of nitrogens with one attached hydrogen (secondary N) is 1. The smallest absolute Gasteiger partial charge is 0.141 e. The number of nitrogens with zero attached hydrogens (tertiary/aromatic N) is 1. The van der Waals surface area contributed by atoms with Crippen LogP contribution in [0.1, 0.15) is 17.2 Å². The van der Waals surface area contributed by atoms with Crippen molar-refractivity contribution >= 4 is 6.29 Å². The van der Waals surface area contributed by atoms with Gasteiger partial charge in [-0.05, 0) is 23.6 Å². The quantitative estimate of drug-likeness (QED) is 0.610. The van der Waals surface area contributed by atoms with E-state index in [4.69, 9.17) is 0 Å². The van der Waals surface area contributed by atoms with Gasteiger partial charge in [-0.3, -0.25) is 4.98 Å². The molecule has 0 saturated heterocycles. The van der Waals surface area contributed by atoms with Crippen LogP contribution in [0.4, 0.5) is 0 Å². The second kappa shape index (κ2) is 3.03. The molecule has 1 aromatic rings. The molecule has 0 amide bonds.